The number of carbonyl (C=O) groups is 3. The van der Waals surface area contributed by atoms with Crippen LogP contribution in [0, 0.1) is 5.41 Å². The third kappa shape index (κ3) is 14.2. The van der Waals surface area contributed by atoms with Gasteiger partial charge in [0.15, 0.2) is 0 Å². The van der Waals surface area contributed by atoms with Crippen molar-refractivity contribution in [2.45, 2.75) is 79.9 Å². The molecule has 198 valence electrons. The molecule has 0 aliphatic carbocycles. The minimum absolute atomic E-state index is 0.109. The Morgan fingerprint density at radius 3 is 1.71 bits per heavy atom. The molecule has 0 bridgehead atoms. The summed E-state index contributed by atoms with van der Waals surface area (Å²) in [5, 5.41) is 14.3. The van der Waals surface area contributed by atoms with Gasteiger partial charge < -0.3 is 26.6 Å². The van der Waals surface area contributed by atoms with Crippen LogP contribution >= 0.6 is 0 Å². The van der Waals surface area contributed by atoms with Gasteiger partial charge in [-0.3, -0.25) is 9.69 Å². The maximum Gasteiger partial charge on any atom is 0.315 e. The molecule has 0 saturated heterocycles. The molecule has 1 aromatic rings. The summed E-state index contributed by atoms with van der Waals surface area (Å²) >= 11 is 0. The van der Waals surface area contributed by atoms with Gasteiger partial charge in [-0.15, -0.1) is 0 Å². The van der Waals surface area contributed by atoms with E-state index in [0.717, 1.165) is 5.69 Å². The summed E-state index contributed by atoms with van der Waals surface area (Å²) in [5.74, 6) is 0.384. The fraction of sp³-hybridized carbons (Fsp3) is 0.680. The van der Waals surface area contributed by atoms with Crippen molar-refractivity contribution in [2.24, 2.45) is 5.41 Å². The van der Waals surface area contributed by atoms with Gasteiger partial charge in [0.05, 0.1) is 5.69 Å². The minimum Gasteiger partial charge on any atom is -0.337 e. The van der Waals surface area contributed by atoms with Crippen molar-refractivity contribution in [3.05, 3.63) is 23.9 Å². The van der Waals surface area contributed by atoms with Crippen LogP contribution in [0.5, 0.6) is 0 Å². The Morgan fingerprint density at radius 2 is 1.29 bits per heavy atom. The number of amides is 5. The molecule has 10 nitrogen and oxygen atoms in total. The average Bonchev–Trinajstić information content (AvgIpc) is 2.64. The fourth-order valence-corrected chi connectivity index (χ4v) is 2.86. The van der Waals surface area contributed by atoms with Crippen molar-refractivity contribution in [3.63, 3.8) is 0 Å². The van der Waals surface area contributed by atoms with Crippen LogP contribution < -0.4 is 26.6 Å². The first-order valence-electron chi connectivity index (χ1n) is 12.1. The first-order valence-corrected chi connectivity index (χ1v) is 12.1. The Labute approximate surface area is 210 Å². The van der Waals surface area contributed by atoms with Gasteiger partial charge in [0, 0.05) is 49.2 Å². The van der Waals surface area contributed by atoms with Gasteiger partial charge in [0.25, 0.3) is 0 Å². The Balaban J connectivity index is 2.79. The largest absolute Gasteiger partial charge is 0.337 e. The van der Waals surface area contributed by atoms with E-state index in [1.54, 1.807) is 6.07 Å². The molecule has 0 aliphatic heterocycles. The lowest BCUT2D eigenvalue weighted by molar-refractivity contribution is -0.123. The monoisotopic (exact) mass is 491 g/mol. The van der Waals surface area contributed by atoms with Gasteiger partial charge in [-0.05, 0) is 53.7 Å². The van der Waals surface area contributed by atoms with E-state index in [4.69, 9.17) is 0 Å². The molecule has 0 saturated carbocycles. The lowest BCUT2D eigenvalue weighted by atomic mass is 9.96. The third-order valence-corrected chi connectivity index (χ3v) is 4.52. The Bertz CT molecular complexity index is 818. The van der Waals surface area contributed by atoms with Gasteiger partial charge in [0.2, 0.25) is 5.91 Å². The molecule has 0 spiro atoms. The van der Waals surface area contributed by atoms with E-state index in [2.05, 4.69) is 36.5 Å². The molecule has 35 heavy (non-hydrogen) atoms. The van der Waals surface area contributed by atoms with Crippen LogP contribution in [0.2, 0.25) is 0 Å². The fourth-order valence-electron chi connectivity index (χ4n) is 2.86. The van der Waals surface area contributed by atoms with Crippen LogP contribution in [-0.2, 0) is 11.3 Å². The molecule has 0 unspecified atom stereocenters. The molecule has 0 atom stereocenters. The zero-order valence-electron chi connectivity index (χ0n) is 22.9. The number of hydrogen-bond acceptors (Lipinski definition) is 5. The number of anilines is 1. The van der Waals surface area contributed by atoms with Crippen LogP contribution in [-0.4, -0.2) is 65.1 Å². The van der Waals surface area contributed by atoms with Crippen LogP contribution in [0.4, 0.5) is 15.4 Å². The number of pyridine rings is 1. The van der Waals surface area contributed by atoms with Crippen molar-refractivity contribution in [2.75, 3.05) is 31.5 Å². The molecule has 10 heteroatoms. The Morgan fingerprint density at radius 1 is 0.800 bits per heavy atom. The molecule has 0 aliphatic rings. The quantitative estimate of drug-likeness (QED) is 0.363. The number of hydrogen-bond donors (Lipinski definition) is 5. The number of carbonyl (C=O) groups excluding carboxylic acids is 3. The van der Waals surface area contributed by atoms with Crippen molar-refractivity contribution in [1.82, 2.24) is 31.2 Å². The lowest BCUT2D eigenvalue weighted by Crippen LogP contribution is -2.49. The average molecular weight is 492 g/mol. The zero-order chi connectivity index (χ0) is 26.9. The highest BCUT2D eigenvalue weighted by Gasteiger charge is 2.22. The van der Waals surface area contributed by atoms with E-state index in [1.807, 2.05) is 74.4 Å². The van der Waals surface area contributed by atoms with Crippen LogP contribution in [0.15, 0.2) is 18.2 Å². The number of nitrogens with one attached hydrogen (secondary N) is 5. The summed E-state index contributed by atoms with van der Waals surface area (Å²) < 4.78 is 0. The van der Waals surface area contributed by atoms with Gasteiger partial charge in [0.1, 0.15) is 5.82 Å². The smallest absolute Gasteiger partial charge is 0.315 e. The molecule has 0 aromatic carbocycles. The summed E-state index contributed by atoms with van der Waals surface area (Å²) in [6.45, 7) is 19.5. The van der Waals surface area contributed by atoms with Crippen molar-refractivity contribution in [1.29, 1.82) is 0 Å². The van der Waals surface area contributed by atoms with E-state index in [0.29, 0.717) is 38.5 Å². The van der Waals surface area contributed by atoms with E-state index >= 15 is 0 Å². The highest BCUT2D eigenvalue weighted by molar-refractivity contribution is 5.93. The van der Waals surface area contributed by atoms with Gasteiger partial charge in [-0.1, -0.05) is 26.8 Å². The molecule has 0 fully saturated rings. The molecule has 0 radical (unpaired) electrons. The second-order valence-electron chi connectivity index (χ2n) is 11.8. The molecule has 1 rings (SSSR count). The first kappa shape index (κ1) is 30.2. The van der Waals surface area contributed by atoms with Crippen LogP contribution in [0.25, 0.3) is 0 Å². The van der Waals surface area contributed by atoms with Crippen molar-refractivity contribution in [3.8, 4) is 0 Å². The summed E-state index contributed by atoms with van der Waals surface area (Å²) in [7, 11) is 0. The highest BCUT2D eigenvalue weighted by Crippen LogP contribution is 2.16. The summed E-state index contributed by atoms with van der Waals surface area (Å²) in [4.78, 5) is 43.2. The minimum atomic E-state index is -0.525. The van der Waals surface area contributed by atoms with E-state index in [1.165, 1.54) is 0 Å². The molecule has 1 aromatic heterocycles. The standard InChI is InChI=1S/C25H45N7O3/c1-23(2,3)20(33)29-19-12-10-11-18(28-19)17-32(15-13-26-21(34)30-24(4,5)6)16-14-27-22(35)31-25(7,8)9/h10-12H,13-17H2,1-9H3,(H2,26,30,34)(H2,27,31,35)(H,28,29,33). The van der Waals surface area contributed by atoms with Crippen molar-refractivity contribution >= 4 is 23.8 Å². The van der Waals surface area contributed by atoms with Gasteiger partial charge in [-0.2, -0.15) is 0 Å². The molecular formula is C25H45N7O3. The predicted octanol–water partition coefficient (Wildman–Crippen LogP) is 3.06. The number of urea groups is 2. The van der Waals surface area contributed by atoms with E-state index < -0.39 is 5.41 Å². The highest BCUT2D eigenvalue weighted by atomic mass is 16.2. The lowest BCUT2D eigenvalue weighted by Gasteiger charge is -2.25. The number of aromatic nitrogens is 1. The summed E-state index contributed by atoms with van der Waals surface area (Å²) in [6, 6.07) is 5.03. The van der Waals surface area contributed by atoms with Crippen LogP contribution in [0.1, 0.15) is 68.0 Å². The number of nitrogens with zero attached hydrogens (tertiary/aromatic N) is 2. The summed E-state index contributed by atoms with van der Waals surface area (Å²) in [6.07, 6.45) is 0. The van der Waals surface area contributed by atoms with E-state index in [9.17, 15) is 14.4 Å². The zero-order valence-corrected chi connectivity index (χ0v) is 22.9. The second kappa shape index (κ2) is 12.7. The second-order valence-corrected chi connectivity index (χ2v) is 11.8. The van der Waals surface area contributed by atoms with E-state index in [-0.39, 0.29) is 29.0 Å². The molecule has 1 heterocycles. The van der Waals surface area contributed by atoms with Gasteiger partial charge >= 0.3 is 12.1 Å². The third-order valence-electron chi connectivity index (χ3n) is 4.52. The normalized spacial score (nSPS) is 12.2. The Kier molecular flexibility index (Phi) is 11.0. The van der Waals surface area contributed by atoms with Crippen LogP contribution in [0.3, 0.4) is 0 Å². The summed E-state index contributed by atoms with van der Waals surface area (Å²) in [5.41, 5.74) is -0.399. The predicted molar refractivity (Wildman–Crippen MR) is 140 cm³/mol. The first-order chi connectivity index (χ1) is 15.9. The Hall–Kier alpha value is -2.88. The van der Waals surface area contributed by atoms with Gasteiger partial charge in [-0.25, -0.2) is 14.6 Å². The SMILES string of the molecule is CC(C)(C)NC(=O)NCCN(CCNC(=O)NC(C)(C)C)Cc1cccc(NC(=O)C(C)(C)C)n1. The molecule has 5 N–H and O–H groups in total. The molecule has 5 amide bonds. The number of rotatable bonds is 9. The van der Waals surface area contributed by atoms with Crippen molar-refractivity contribution < 1.29 is 14.4 Å². The topological polar surface area (TPSA) is 127 Å². The maximum atomic E-state index is 12.3. The molecular weight excluding hydrogens is 446 g/mol. The maximum absolute atomic E-state index is 12.3.